The third-order valence-corrected chi connectivity index (χ3v) is 12.5. The van der Waals surface area contributed by atoms with Crippen LogP contribution in [0.4, 0.5) is 0 Å². The number of allylic oxidation sites excluding steroid dienone is 1. The van der Waals surface area contributed by atoms with Gasteiger partial charge in [-0.1, -0.05) is 48.2 Å². The van der Waals surface area contributed by atoms with E-state index in [4.69, 9.17) is 44.6 Å². The number of hydrogen-bond acceptors (Lipinski definition) is 19. The van der Waals surface area contributed by atoms with Crippen LogP contribution in [0.15, 0.2) is 76.6 Å². The highest BCUT2D eigenvalue weighted by atomic mass is 16.7. The van der Waals surface area contributed by atoms with E-state index in [0.717, 1.165) is 11.1 Å². The number of aliphatic hydroxyl groups is 6. The van der Waals surface area contributed by atoms with E-state index in [1.54, 1.807) is 18.3 Å². The summed E-state index contributed by atoms with van der Waals surface area (Å²) >= 11 is 0. The summed E-state index contributed by atoms with van der Waals surface area (Å²) in [6.07, 6.45) is -10.2. The third-order valence-electron chi connectivity index (χ3n) is 12.5. The quantitative estimate of drug-likeness (QED) is 0.0405. The molecule has 3 aromatic carbocycles. The molecule has 66 heavy (non-hydrogen) atoms. The van der Waals surface area contributed by atoms with Crippen molar-refractivity contribution in [1.29, 1.82) is 0 Å². The van der Waals surface area contributed by atoms with Gasteiger partial charge < -0.3 is 85.3 Å². The summed E-state index contributed by atoms with van der Waals surface area (Å²) < 4.78 is 43.5. The Morgan fingerprint density at radius 3 is 2.56 bits per heavy atom. The van der Waals surface area contributed by atoms with Gasteiger partial charge in [0.05, 0.1) is 42.3 Å². The molecule has 0 aliphatic carbocycles. The number of aliphatic carboxylic acids is 1. The second-order valence-electron chi connectivity index (χ2n) is 16.5. The molecule has 9 atom stereocenters. The van der Waals surface area contributed by atoms with Crippen LogP contribution in [0.5, 0.6) is 28.7 Å². The van der Waals surface area contributed by atoms with Crippen molar-refractivity contribution in [3.05, 3.63) is 99.4 Å². The van der Waals surface area contributed by atoms with Crippen LogP contribution in [0.2, 0.25) is 0 Å². The van der Waals surface area contributed by atoms with Gasteiger partial charge in [0, 0.05) is 60.5 Å². The maximum atomic E-state index is 12.6. The highest BCUT2D eigenvalue weighted by Gasteiger charge is 2.60. The molecule has 348 valence electrons. The van der Waals surface area contributed by atoms with Gasteiger partial charge in [-0.05, 0) is 17.7 Å². The number of nitrogens with zero attached hydrogens (tertiary/aromatic N) is 2. The number of hydrogen-bond donors (Lipinski definition) is 9. The van der Waals surface area contributed by atoms with Crippen LogP contribution in [0.3, 0.4) is 0 Å². The highest BCUT2D eigenvalue weighted by Crippen LogP contribution is 2.60. The molecule has 7 heterocycles. The smallest absolute Gasteiger partial charge is 0.317 e. The first-order valence-corrected chi connectivity index (χ1v) is 21.2. The summed E-state index contributed by atoms with van der Waals surface area (Å²) in [5, 5.41) is 74.8. The molecule has 0 amide bonds. The van der Waals surface area contributed by atoms with Gasteiger partial charge in [-0.25, -0.2) is 0 Å². The molecule has 20 heteroatoms. The van der Waals surface area contributed by atoms with E-state index in [-0.39, 0.29) is 54.9 Å². The summed E-state index contributed by atoms with van der Waals surface area (Å²) in [5.74, 6) is 3.68. The molecule has 0 unspecified atom stereocenters. The monoisotopic (exact) mass is 912 g/mol. The van der Waals surface area contributed by atoms with Crippen LogP contribution in [0.25, 0.3) is 0 Å². The lowest BCUT2D eigenvalue weighted by Gasteiger charge is -2.50. The first kappa shape index (κ1) is 44.9. The first-order chi connectivity index (χ1) is 31.8. The predicted octanol–water partition coefficient (Wildman–Crippen LogP) is -0.421. The molecule has 0 saturated carbocycles. The number of nitrogens with two attached hydrogens (primary N) is 2. The number of fused-ring (bicyclic) bond motifs is 9. The summed E-state index contributed by atoms with van der Waals surface area (Å²) in [7, 11) is 0. The maximum absolute atomic E-state index is 12.6. The van der Waals surface area contributed by atoms with Crippen molar-refractivity contribution < 1.29 is 78.5 Å². The lowest BCUT2D eigenvalue weighted by Crippen LogP contribution is -2.72. The Hall–Kier alpha value is -6.25. The second-order valence-corrected chi connectivity index (χ2v) is 16.5. The van der Waals surface area contributed by atoms with E-state index in [2.05, 4.69) is 16.8 Å². The van der Waals surface area contributed by atoms with E-state index in [1.807, 2.05) is 47.4 Å². The average Bonchev–Trinajstić information content (AvgIpc) is 4.00. The number of rotatable bonds is 15. The van der Waals surface area contributed by atoms with Gasteiger partial charge in [0.1, 0.15) is 60.6 Å². The third kappa shape index (κ3) is 7.97. The summed E-state index contributed by atoms with van der Waals surface area (Å²) in [6, 6.07) is 14.7. The van der Waals surface area contributed by atoms with Crippen molar-refractivity contribution in [2.75, 3.05) is 33.2 Å². The van der Waals surface area contributed by atoms with Crippen molar-refractivity contribution in [2.24, 2.45) is 16.5 Å². The molecule has 1 fully saturated rings. The standard InChI is InChI=1S/C46H48N4O16/c47-44(48)41(64-33(56)17-32(54)55)43-46(59)11-4-7-24-26(19-50-18-23-10-12-49-36(23)27(50)20-52)35-31(16-29(24)63-45(66-43)37(57)42(46)58)62-30(15-22-5-2-1-3-6-22)34-25-8-9-28(61-21-53)39(60-14-13-51)38(25)65-40(34)35/h1-3,5-6,8-10,12,16,30,34,37,40-45,51-53,57-59H,11,13-15,17-21,47-48H2,(H,54,55)/t30-,34+,37+,40+,41+,42+,43+,45+,46-/m0/s1. The van der Waals surface area contributed by atoms with Gasteiger partial charge in [-0.2, -0.15) is 0 Å². The van der Waals surface area contributed by atoms with Gasteiger partial charge in [0.25, 0.3) is 0 Å². The van der Waals surface area contributed by atoms with E-state index < -0.39 is 92.2 Å². The van der Waals surface area contributed by atoms with Crippen molar-refractivity contribution in [3.63, 3.8) is 0 Å². The van der Waals surface area contributed by atoms with E-state index in [1.165, 1.54) is 0 Å². The van der Waals surface area contributed by atoms with E-state index >= 15 is 0 Å². The molecule has 1 saturated heterocycles. The Balaban J connectivity index is 1.22. The van der Waals surface area contributed by atoms with Crippen LogP contribution >= 0.6 is 0 Å². The molecular weight excluding hydrogens is 865 g/mol. The first-order valence-electron chi connectivity index (χ1n) is 21.2. The lowest BCUT2D eigenvalue weighted by molar-refractivity contribution is -0.324. The SMILES string of the molecule is NC(N)[C@H](OC(=O)CC(=O)O)[C@H]1O[C@H]2Oc3cc4c(c(CN5CC6=CC=NC6=C5CO)c3C#CC[C@]1(O)[C@H](O)[C@H]2O)[C@@H]1Oc2c(ccc(OCO)c2OCCO)[C@@H]1[C@H](Cc1ccccc1)O4. The van der Waals surface area contributed by atoms with Gasteiger partial charge in [-0.3, -0.25) is 14.6 Å². The van der Waals surface area contributed by atoms with Crippen molar-refractivity contribution >= 4 is 18.2 Å². The van der Waals surface area contributed by atoms with Crippen LogP contribution in [-0.2, 0) is 32.0 Å². The van der Waals surface area contributed by atoms with Crippen LogP contribution < -0.4 is 35.2 Å². The number of carboxylic acid groups (broad SMARTS) is 1. The summed E-state index contributed by atoms with van der Waals surface area (Å²) in [5.41, 5.74) is 14.5. The molecule has 3 aromatic rings. The molecule has 11 N–H and O–H groups in total. The van der Waals surface area contributed by atoms with Crippen molar-refractivity contribution in [2.45, 2.75) is 86.4 Å². The predicted molar refractivity (Wildman–Crippen MR) is 227 cm³/mol. The molecule has 0 radical (unpaired) electrons. The molecular formula is C46H48N4O16. The Labute approximate surface area is 376 Å². The minimum Gasteiger partial charge on any atom is -0.489 e. The molecule has 0 spiro atoms. The fourth-order valence-corrected chi connectivity index (χ4v) is 9.56. The van der Waals surface area contributed by atoms with Crippen LogP contribution in [-0.4, -0.2) is 141 Å². The average molecular weight is 913 g/mol. The number of benzene rings is 3. The molecule has 10 rings (SSSR count). The topological polar surface area (TPSA) is 308 Å². The summed E-state index contributed by atoms with van der Waals surface area (Å²) in [6.45, 7) is -1.06. The lowest BCUT2D eigenvalue weighted by atomic mass is 9.78. The number of carbonyl (C=O) groups excluding carboxylic acids is 1. The van der Waals surface area contributed by atoms with Crippen LogP contribution in [0.1, 0.15) is 52.7 Å². The normalized spacial score (nSPS) is 26.9. The second kappa shape index (κ2) is 18.2. The fraction of sp³-hybridized carbons (Fsp3) is 0.413. The van der Waals surface area contributed by atoms with Gasteiger partial charge >= 0.3 is 11.9 Å². The minimum atomic E-state index is -2.52. The van der Waals surface area contributed by atoms with Gasteiger partial charge in [0.15, 0.2) is 24.4 Å². The van der Waals surface area contributed by atoms with E-state index in [9.17, 15) is 45.3 Å². The van der Waals surface area contributed by atoms with Gasteiger partial charge in [0.2, 0.25) is 12.0 Å². The molecule has 0 aromatic heterocycles. The highest BCUT2D eigenvalue weighted by molar-refractivity contribution is 5.90. The van der Waals surface area contributed by atoms with Crippen molar-refractivity contribution in [1.82, 2.24) is 4.90 Å². The number of aliphatic imine (C=N–C) groups is 1. The fourth-order valence-electron chi connectivity index (χ4n) is 9.56. The summed E-state index contributed by atoms with van der Waals surface area (Å²) in [4.78, 5) is 30.4. The zero-order chi connectivity index (χ0) is 46.4. The Morgan fingerprint density at radius 1 is 1.03 bits per heavy atom. The Kier molecular flexibility index (Phi) is 12.4. The minimum absolute atomic E-state index is 0.00269. The number of ether oxygens (including phenoxy) is 7. The number of carboxylic acids is 1. The Morgan fingerprint density at radius 2 is 1.83 bits per heavy atom. The zero-order valence-electron chi connectivity index (χ0n) is 35.2. The molecule has 7 aliphatic rings. The zero-order valence-corrected chi connectivity index (χ0v) is 35.2. The van der Waals surface area contributed by atoms with Crippen molar-refractivity contribution in [3.8, 4) is 40.6 Å². The molecule has 7 aliphatic heterocycles. The number of esters is 1. The molecule has 20 nitrogen and oxygen atoms in total. The van der Waals surface area contributed by atoms with E-state index in [0.29, 0.717) is 46.8 Å². The van der Waals surface area contributed by atoms with Crippen LogP contribution in [0, 0.1) is 11.8 Å². The Bertz CT molecular complexity index is 2560. The largest absolute Gasteiger partial charge is 0.489 e. The number of aliphatic hydroxyl groups excluding tert-OH is 5. The number of carbonyl (C=O) groups is 2. The molecule has 2 bridgehead atoms. The maximum Gasteiger partial charge on any atom is 0.317 e. The van der Waals surface area contributed by atoms with Gasteiger partial charge in [-0.15, -0.1) is 0 Å².